The van der Waals surface area contributed by atoms with Gasteiger partial charge in [-0.25, -0.2) is 0 Å². The molecule has 1 amide bonds. The van der Waals surface area contributed by atoms with Gasteiger partial charge in [-0.15, -0.1) is 0 Å². The van der Waals surface area contributed by atoms with Crippen molar-refractivity contribution in [2.75, 3.05) is 6.61 Å². The minimum absolute atomic E-state index is 0.0569. The van der Waals surface area contributed by atoms with Crippen molar-refractivity contribution in [3.8, 4) is 0 Å². The summed E-state index contributed by atoms with van der Waals surface area (Å²) in [5.74, 6) is 0.171. The monoisotopic (exact) mass is 263 g/mol. The summed E-state index contributed by atoms with van der Waals surface area (Å²) in [4.78, 5) is 12.4. The molecule has 2 atom stereocenters. The van der Waals surface area contributed by atoms with Crippen LogP contribution in [0.4, 0.5) is 0 Å². The number of carbonyl (C=O) groups is 1. The highest BCUT2D eigenvalue weighted by Gasteiger charge is 2.25. The van der Waals surface area contributed by atoms with Crippen molar-refractivity contribution in [3.63, 3.8) is 0 Å². The second kappa shape index (κ2) is 7.95. The predicted molar refractivity (Wildman–Crippen MR) is 77.9 cm³/mol. The van der Waals surface area contributed by atoms with Crippen molar-refractivity contribution in [3.05, 3.63) is 35.9 Å². The number of benzene rings is 1. The molecular formula is C16H25NO2. The van der Waals surface area contributed by atoms with Gasteiger partial charge >= 0.3 is 0 Å². The first kappa shape index (κ1) is 15.7. The lowest BCUT2D eigenvalue weighted by Gasteiger charge is -2.24. The average Bonchev–Trinajstić information content (AvgIpc) is 2.39. The number of carbonyl (C=O) groups excluding carboxylic acids is 1. The highest BCUT2D eigenvalue weighted by molar-refractivity contribution is 5.84. The Kier molecular flexibility index (Phi) is 6.57. The Morgan fingerprint density at radius 3 is 2.37 bits per heavy atom. The third-order valence-electron chi connectivity index (χ3n) is 3.42. The van der Waals surface area contributed by atoms with Crippen molar-refractivity contribution in [1.29, 1.82) is 0 Å². The van der Waals surface area contributed by atoms with Crippen LogP contribution in [0.3, 0.4) is 0 Å². The van der Waals surface area contributed by atoms with Gasteiger partial charge in [-0.3, -0.25) is 4.79 Å². The maximum atomic E-state index is 12.4. The summed E-state index contributed by atoms with van der Waals surface area (Å²) in [6.07, 6.45) is 1.45. The van der Waals surface area contributed by atoms with E-state index in [2.05, 4.69) is 19.2 Å². The number of aliphatic hydroxyl groups excluding tert-OH is 1. The largest absolute Gasteiger partial charge is 0.396 e. The number of nitrogens with one attached hydrogen (secondary N) is 1. The van der Waals surface area contributed by atoms with Crippen molar-refractivity contribution in [1.82, 2.24) is 5.32 Å². The molecule has 0 aromatic heterocycles. The highest BCUT2D eigenvalue weighted by atomic mass is 16.3. The molecule has 0 saturated carbocycles. The maximum Gasteiger partial charge on any atom is 0.228 e. The van der Waals surface area contributed by atoms with Gasteiger partial charge in [-0.1, -0.05) is 51.1 Å². The standard InChI is InChI=1S/C16H25NO2/c1-4-14(10-11-18)17-16(19)15(12(2)3)13-8-6-5-7-9-13/h5-9,12,14-15,18H,4,10-11H2,1-3H3,(H,17,19). The fourth-order valence-electron chi connectivity index (χ4n) is 2.32. The lowest BCUT2D eigenvalue weighted by atomic mass is 9.87. The summed E-state index contributed by atoms with van der Waals surface area (Å²) < 4.78 is 0. The van der Waals surface area contributed by atoms with E-state index in [0.29, 0.717) is 6.42 Å². The molecule has 1 rings (SSSR count). The molecule has 106 valence electrons. The Hall–Kier alpha value is -1.35. The topological polar surface area (TPSA) is 49.3 Å². The summed E-state index contributed by atoms with van der Waals surface area (Å²) in [6, 6.07) is 9.93. The van der Waals surface area contributed by atoms with Crippen LogP contribution in [-0.2, 0) is 4.79 Å². The molecule has 2 N–H and O–H groups in total. The Morgan fingerprint density at radius 1 is 1.26 bits per heavy atom. The van der Waals surface area contributed by atoms with Gasteiger partial charge in [-0.2, -0.15) is 0 Å². The zero-order valence-corrected chi connectivity index (χ0v) is 12.1. The molecule has 1 aromatic carbocycles. The van der Waals surface area contributed by atoms with E-state index in [9.17, 15) is 4.79 Å². The summed E-state index contributed by atoms with van der Waals surface area (Å²) >= 11 is 0. The van der Waals surface area contributed by atoms with Gasteiger partial charge in [0.05, 0.1) is 5.92 Å². The van der Waals surface area contributed by atoms with E-state index in [0.717, 1.165) is 12.0 Å². The van der Waals surface area contributed by atoms with E-state index >= 15 is 0 Å². The fraction of sp³-hybridized carbons (Fsp3) is 0.562. The summed E-state index contributed by atoms with van der Waals surface area (Å²) in [7, 11) is 0. The number of rotatable bonds is 7. The van der Waals surface area contributed by atoms with Crippen molar-refractivity contribution in [2.24, 2.45) is 5.92 Å². The normalized spacial score (nSPS) is 14.2. The van der Waals surface area contributed by atoms with Crippen LogP contribution in [0.25, 0.3) is 0 Å². The molecule has 1 aromatic rings. The van der Waals surface area contributed by atoms with Crippen LogP contribution in [0, 0.1) is 5.92 Å². The van der Waals surface area contributed by atoms with Crippen molar-refractivity contribution < 1.29 is 9.90 Å². The van der Waals surface area contributed by atoms with Crippen LogP contribution in [0.2, 0.25) is 0 Å². The molecule has 3 heteroatoms. The highest BCUT2D eigenvalue weighted by Crippen LogP contribution is 2.24. The van der Waals surface area contributed by atoms with E-state index in [1.807, 2.05) is 37.3 Å². The van der Waals surface area contributed by atoms with Gasteiger partial charge in [-0.05, 0) is 24.3 Å². The van der Waals surface area contributed by atoms with Gasteiger partial charge in [0.15, 0.2) is 0 Å². The minimum atomic E-state index is -0.131. The molecule has 0 heterocycles. The van der Waals surface area contributed by atoms with E-state index in [1.165, 1.54) is 0 Å². The SMILES string of the molecule is CCC(CCO)NC(=O)C(c1ccccc1)C(C)C. The van der Waals surface area contributed by atoms with E-state index < -0.39 is 0 Å². The van der Waals surface area contributed by atoms with E-state index in [1.54, 1.807) is 0 Å². The van der Waals surface area contributed by atoms with Crippen LogP contribution in [0.5, 0.6) is 0 Å². The van der Waals surface area contributed by atoms with Crippen LogP contribution in [0.15, 0.2) is 30.3 Å². The van der Waals surface area contributed by atoms with Crippen LogP contribution in [-0.4, -0.2) is 23.7 Å². The average molecular weight is 263 g/mol. The summed E-state index contributed by atoms with van der Waals surface area (Å²) in [5.41, 5.74) is 1.05. The van der Waals surface area contributed by atoms with Crippen LogP contribution < -0.4 is 5.32 Å². The molecular weight excluding hydrogens is 238 g/mol. The molecule has 0 spiro atoms. The molecule has 2 unspecified atom stereocenters. The molecule has 0 aliphatic rings. The van der Waals surface area contributed by atoms with Gasteiger partial charge in [0, 0.05) is 12.6 Å². The maximum absolute atomic E-state index is 12.4. The Bertz CT molecular complexity index is 376. The molecule has 0 aliphatic heterocycles. The lowest BCUT2D eigenvalue weighted by Crippen LogP contribution is -2.39. The molecule has 3 nitrogen and oxygen atoms in total. The Labute approximate surface area is 116 Å². The molecule has 0 bridgehead atoms. The summed E-state index contributed by atoms with van der Waals surface area (Å²) in [6.45, 7) is 6.25. The third-order valence-corrected chi connectivity index (χ3v) is 3.42. The smallest absolute Gasteiger partial charge is 0.228 e. The van der Waals surface area contributed by atoms with Crippen LogP contribution >= 0.6 is 0 Å². The van der Waals surface area contributed by atoms with E-state index in [4.69, 9.17) is 5.11 Å². The van der Waals surface area contributed by atoms with Gasteiger partial charge in [0.2, 0.25) is 5.91 Å². The molecule has 0 fully saturated rings. The number of hydrogen-bond donors (Lipinski definition) is 2. The molecule has 19 heavy (non-hydrogen) atoms. The number of aliphatic hydroxyl groups is 1. The first-order chi connectivity index (χ1) is 9.10. The van der Waals surface area contributed by atoms with Gasteiger partial charge in [0.25, 0.3) is 0 Å². The molecule has 0 aliphatic carbocycles. The first-order valence-corrected chi connectivity index (χ1v) is 7.06. The minimum Gasteiger partial charge on any atom is -0.396 e. The molecule has 0 saturated heterocycles. The third kappa shape index (κ3) is 4.67. The Morgan fingerprint density at radius 2 is 1.89 bits per heavy atom. The number of hydrogen-bond acceptors (Lipinski definition) is 2. The van der Waals surface area contributed by atoms with Gasteiger partial charge < -0.3 is 10.4 Å². The fourth-order valence-corrected chi connectivity index (χ4v) is 2.32. The number of amides is 1. The lowest BCUT2D eigenvalue weighted by molar-refractivity contribution is -0.124. The molecule has 0 radical (unpaired) electrons. The zero-order chi connectivity index (χ0) is 14.3. The predicted octanol–water partition coefficient (Wildman–Crippen LogP) is 2.70. The van der Waals surface area contributed by atoms with E-state index in [-0.39, 0.29) is 30.4 Å². The quantitative estimate of drug-likeness (QED) is 0.794. The van der Waals surface area contributed by atoms with Crippen molar-refractivity contribution in [2.45, 2.75) is 45.6 Å². The van der Waals surface area contributed by atoms with Crippen LogP contribution in [0.1, 0.15) is 45.1 Å². The second-order valence-electron chi connectivity index (χ2n) is 5.26. The first-order valence-electron chi connectivity index (χ1n) is 7.06. The zero-order valence-electron chi connectivity index (χ0n) is 12.1. The second-order valence-corrected chi connectivity index (χ2v) is 5.26. The Balaban J connectivity index is 2.80. The van der Waals surface area contributed by atoms with Crippen molar-refractivity contribution >= 4 is 5.91 Å². The van der Waals surface area contributed by atoms with Gasteiger partial charge in [0.1, 0.15) is 0 Å². The summed E-state index contributed by atoms with van der Waals surface area (Å²) in [5, 5.41) is 12.0.